The minimum Gasteiger partial charge on any atom is -0.389 e. The number of nitrogens with one attached hydrogen (secondary N) is 1. The van der Waals surface area contributed by atoms with Crippen LogP contribution in [0.2, 0.25) is 0 Å². The number of allylic oxidation sites excluding steroid dienone is 1. The van der Waals surface area contributed by atoms with Crippen molar-refractivity contribution in [2.45, 2.75) is 47.0 Å². The third kappa shape index (κ3) is 9.45. The van der Waals surface area contributed by atoms with Crippen molar-refractivity contribution in [2.24, 2.45) is 11.8 Å². The highest BCUT2D eigenvalue weighted by atomic mass is 14.9. The van der Waals surface area contributed by atoms with Crippen LogP contribution < -0.4 is 5.32 Å². The molecule has 0 saturated heterocycles. The van der Waals surface area contributed by atoms with Gasteiger partial charge >= 0.3 is 0 Å². The van der Waals surface area contributed by atoms with Gasteiger partial charge in [0.05, 0.1) is 0 Å². The number of hydrogen-bond donors (Lipinski definition) is 1. The van der Waals surface area contributed by atoms with Crippen molar-refractivity contribution in [3.63, 3.8) is 0 Å². The summed E-state index contributed by atoms with van der Waals surface area (Å²) in [5, 5.41) is 3.26. The smallest absolute Gasteiger partial charge is 0.0143 e. The van der Waals surface area contributed by atoms with Crippen molar-refractivity contribution in [1.82, 2.24) is 5.32 Å². The zero-order valence-electron chi connectivity index (χ0n) is 9.69. The van der Waals surface area contributed by atoms with Crippen LogP contribution in [0.5, 0.6) is 0 Å². The van der Waals surface area contributed by atoms with Crippen LogP contribution in [0, 0.1) is 11.8 Å². The molecule has 0 heterocycles. The van der Waals surface area contributed by atoms with Crippen LogP contribution in [0.25, 0.3) is 0 Å². The van der Waals surface area contributed by atoms with Gasteiger partial charge in [-0.25, -0.2) is 0 Å². The summed E-state index contributed by atoms with van der Waals surface area (Å²) < 4.78 is 0. The van der Waals surface area contributed by atoms with Gasteiger partial charge in [-0.3, -0.25) is 0 Å². The second kappa shape index (κ2) is 6.99. The molecule has 1 N–H and O–H groups in total. The summed E-state index contributed by atoms with van der Waals surface area (Å²) in [4.78, 5) is 0. The van der Waals surface area contributed by atoms with Crippen LogP contribution in [0.15, 0.2) is 12.3 Å². The van der Waals surface area contributed by atoms with Crippen molar-refractivity contribution in [1.29, 1.82) is 0 Å². The summed E-state index contributed by atoms with van der Waals surface area (Å²) in [7, 11) is 0. The first-order valence-corrected chi connectivity index (χ1v) is 5.41. The topological polar surface area (TPSA) is 12.0 Å². The minimum atomic E-state index is 0.837. The quantitative estimate of drug-likeness (QED) is 0.595. The molecule has 13 heavy (non-hydrogen) atoms. The van der Waals surface area contributed by atoms with E-state index in [4.69, 9.17) is 0 Å². The van der Waals surface area contributed by atoms with Gasteiger partial charge in [0.25, 0.3) is 0 Å². The Morgan fingerprint density at radius 2 is 1.92 bits per heavy atom. The summed E-state index contributed by atoms with van der Waals surface area (Å²) in [5.74, 6) is 1.70. The maximum Gasteiger partial charge on any atom is 0.0143 e. The lowest BCUT2D eigenvalue weighted by Crippen LogP contribution is -2.13. The Bertz CT molecular complexity index is 138. The predicted molar refractivity (Wildman–Crippen MR) is 60.7 cm³/mol. The molecule has 1 unspecified atom stereocenters. The van der Waals surface area contributed by atoms with E-state index in [9.17, 15) is 0 Å². The minimum absolute atomic E-state index is 0.837. The molecule has 0 aromatic heterocycles. The Kier molecular flexibility index (Phi) is 6.75. The molecular weight excluding hydrogens is 158 g/mol. The van der Waals surface area contributed by atoms with E-state index in [-0.39, 0.29) is 0 Å². The van der Waals surface area contributed by atoms with Gasteiger partial charge in [0, 0.05) is 12.2 Å². The van der Waals surface area contributed by atoms with E-state index in [1.54, 1.807) is 0 Å². The molecule has 1 atom stereocenters. The zero-order valence-corrected chi connectivity index (χ0v) is 9.69. The highest BCUT2D eigenvalue weighted by molar-refractivity contribution is 4.83. The molecule has 0 radical (unpaired) electrons. The molecule has 0 aliphatic carbocycles. The normalized spacial score (nSPS) is 13.0. The SMILES string of the molecule is C=C(C)NCCCC(C)CC(C)C. The zero-order chi connectivity index (χ0) is 10.3. The van der Waals surface area contributed by atoms with Gasteiger partial charge in [-0.15, -0.1) is 0 Å². The van der Waals surface area contributed by atoms with E-state index in [1.807, 2.05) is 6.92 Å². The number of rotatable bonds is 7. The number of hydrogen-bond acceptors (Lipinski definition) is 1. The second-order valence-corrected chi connectivity index (χ2v) is 4.58. The third-order valence-electron chi connectivity index (χ3n) is 2.17. The highest BCUT2D eigenvalue weighted by Gasteiger charge is 2.03. The lowest BCUT2D eigenvalue weighted by atomic mass is 9.95. The van der Waals surface area contributed by atoms with Gasteiger partial charge in [-0.1, -0.05) is 27.4 Å². The average molecular weight is 183 g/mol. The van der Waals surface area contributed by atoms with Gasteiger partial charge in [0.15, 0.2) is 0 Å². The van der Waals surface area contributed by atoms with Crippen LogP contribution in [0.1, 0.15) is 47.0 Å². The molecule has 0 aliphatic rings. The predicted octanol–water partition coefficient (Wildman–Crippen LogP) is 3.57. The van der Waals surface area contributed by atoms with E-state index in [2.05, 4.69) is 32.7 Å². The van der Waals surface area contributed by atoms with Gasteiger partial charge < -0.3 is 5.32 Å². The second-order valence-electron chi connectivity index (χ2n) is 4.58. The fourth-order valence-corrected chi connectivity index (χ4v) is 1.67. The average Bonchev–Trinajstić information content (AvgIpc) is 1.96. The Morgan fingerprint density at radius 1 is 1.31 bits per heavy atom. The molecule has 1 nitrogen and oxygen atoms in total. The Labute approximate surface area is 83.6 Å². The third-order valence-corrected chi connectivity index (χ3v) is 2.17. The first-order valence-electron chi connectivity index (χ1n) is 5.41. The van der Waals surface area contributed by atoms with Crippen molar-refractivity contribution >= 4 is 0 Å². The largest absolute Gasteiger partial charge is 0.389 e. The van der Waals surface area contributed by atoms with Crippen molar-refractivity contribution in [3.05, 3.63) is 12.3 Å². The van der Waals surface area contributed by atoms with E-state index in [0.717, 1.165) is 24.1 Å². The van der Waals surface area contributed by atoms with Crippen LogP contribution in [0.4, 0.5) is 0 Å². The van der Waals surface area contributed by atoms with Crippen LogP contribution in [0.3, 0.4) is 0 Å². The van der Waals surface area contributed by atoms with E-state index >= 15 is 0 Å². The summed E-state index contributed by atoms with van der Waals surface area (Å²) in [6.45, 7) is 13.8. The highest BCUT2D eigenvalue weighted by Crippen LogP contribution is 2.15. The molecule has 0 spiro atoms. The fourth-order valence-electron chi connectivity index (χ4n) is 1.67. The van der Waals surface area contributed by atoms with Gasteiger partial charge in [0.2, 0.25) is 0 Å². The lowest BCUT2D eigenvalue weighted by Gasteiger charge is -2.13. The van der Waals surface area contributed by atoms with Gasteiger partial charge in [-0.2, -0.15) is 0 Å². The standard InChI is InChI=1S/C12H25N/c1-10(2)9-12(5)7-6-8-13-11(3)4/h10,12-13H,3,6-9H2,1-2,4-5H3. The van der Waals surface area contributed by atoms with Crippen LogP contribution >= 0.6 is 0 Å². The van der Waals surface area contributed by atoms with Crippen molar-refractivity contribution < 1.29 is 0 Å². The molecule has 0 aromatic carbocycles. The first kappa shape index (κ1) is 12.5. The summed E-state index contributed by atoms with van der Waals surface area (Å²) in [6, 6.07) is 0. The van der Waals surface area contributed by atoms with Gasteiger partial charge in [0.1, 0.15) is 0 Å². The summed E-state index contributed by atoms with van der Waals surface area (Å²) in [5.41, 5.74) is 1.08. The Morgan fingerprint density at radius 3 is 2.38 bits per heavy atom. The van der Waals surface area contributed by atoms with E-state index in [0.29, 0.717) is 0 Å². The molecule has 0 fully saturated rings. The Hall–Kier alpha value is -0.460. The van der Waals surface area contributed by atoms with E-state index in [1.165, 1.54) is 19.3 Å². The molecule has 1 heteroatoms. The maximum absolute atomic E-state index is 3.81. The summed E-state index contributed by atoms with van der Waals surface area (Å²) in [6.07, 6.45) is 3.95. The van der Waals surface area contributed by atoms with Crippen LogP contribution in [-0.4, -0.2) is 6.54 Å². The molecule has 0 aliphatic heterocycles. The molecule has 0 bridgehead atoms. The lowest BCUT2D eigenvalue weighted by molar-refractivity contribution is 0.404. The molecule has 0 aromatic rings. The van der Waals surface area contributed by atoms with Crippen molar-refractivity contribution in [3.8, 4) is 0 Å². The Balaban J connectivity index is 3.26. The molecule has 0 amide bonds. The molecule has 78 valence electrons. The monoisotopic (exact) mass is 183 g/mol. The van der Waals surface area contributed by atoms with Crippen LogP contribution in [-0.2, 0) is 0 Å². The fraction of sp³-hybridized carbons (Fsp3) is 0.833. The van der Waals surface area contributed by atoms with Gasteiger partial charge in [-0.05, 0) is 38.0 Å². The van der Waals surface area contributed by atoms with Crippen molar-refractivity contribution in [2.75, 3.05) is 6.54 Å². The molecule has 0 rings (SSSR count). The first-order chi connectivity index (χ1) is 6.02. The van der Waals surface area contributed by atoms with E-state index < -0.39 is 0 Å². The maximum atomic E-state index is 3.81. The molecular formula is C12H25N. The molecule has 0 saturated carbocycles. The summed E-state index contributed by atoms with van der Waals surface area (Å²) >= 11 is 0.